The van der Waals surface area contributed by atoms with Gasteiger partial charge in [0.15, 0.2) is 5.75 Å². The second-order valence-electron chi connectivity index (χ2n) is 4.01. The Labute approximate surface area is 92.1 Å². The number of nitrogens with zero attached hydrogens (tertiary/aromatic N) is 2. The SMILES string of the molecule is N#CC1(c2ccc([N+](=O)[O-])c(O)c2)CCC1. The normalized spacial score (nSPS) is 17.2. The quantitative estimate of drug-likeness (QED) is 0.609. The highest BCUT2D eigenvalue weighted by Crippen LogP contribution is 2.44. The number of aromatic hydroxyl groups is 1. The summed E-state index contributed by atoms with van der Waals surface area (Å²) in [5.41, 5.74) is -0.201. The molecule has 1 fully saturated rings. The van der Waals surface area contributed by atoms with Gasteiger partial charge in [-0.2, -0.15) is 5.26 Å². The van der Waals surface area contributed by atoms with E-state index < -0.39 is 10.3 Å². The summed E-state index contributed by atoms with van der Waals surface area (Å²) in [7, 11) is 0. The third-order valence-electron chi connectivity index (χ3n) is 3.15. The van der Waals surface area contributed by atoms with Crippen molar-refractivity contribution >= 4 is 5.69 Å². The third-order valence-corrected chi connectivity index (χ3v) is 3.15. The Morgan fingerprint density at radius 1 is 1.50 bits per heavy atom. The average Bonchev–Trinajstić information content (AvgIpc) is 2.16. The van der Waals surface area contributed by atoms with Gasteiger partial charge in [0.2, 0.25) is 0 Å². The van der Waals surface area contributed by atoms with Crippen molar-refractivity contribution in [2.75, 3.05) is 0 Å². The van der Waals surface area contributed by atoms with Crippen LogP contribution in [-0.2, 0) is 5.41 Å². The average molecular weight is 218 g/mol. The lowest BCUT2D eigenvalue weighted by atomic mass is 9.65. The Morgan fingerprint density at radius 3 is 2.56 bits per heavy atom. The lowest BCUT2D eigenvalue weighted by Gasteiger charge is -2.35. The Hall–Kier alpha value is -2.09. The van der Waals surface area contributed by atoms with Crippen molar-refractivity contribution in [1.29, 1.82) is 5.26 Å². The molecule has 1 aromatic rings. The van der Waals surface area contributed by atoms with Crippen molar-refractivity contribution in [3.63, 3.8) is 0 Å². The van der Waals surface area contributed by atoms with Crippen LogP contribution < -0.4 is 0 Å². The van der Waals surface area contributed by atoms with E-state index >= 15 is 0 Å². The van der Waals surface area contributed by atoms with Gasteiger partial charge in [-0.05, 0) is 30.9 Å². The molecule has 1 saturated carbocycles. The Morgan fingerprint density at radius 2 is 2.19 bits per heavy atom. The van der Waals surface area contributed by atoms with Crippen LogP contribution >= 0.6 is 0 Å². The molecule has 1 N–H and O–H groups in total. The summed E-state index contributed by atoms with van der Waals surface area (Å²) in [6.45, 7) is 0. The summed E-state index contributed by atoms with van der Waals surface area (Å²) in [5, 5.41) is 29.1. The molecule has 0 atom stereocenters. The van der Waals surface area contributed by atoms with Crippen molar-refractivity contribution in [3.8, 4) is 11.8 Å². The maximum Gasteiger partial charge on any atom is 0.310 e. The van der Waals surface area contributed by atoms with Gasteiger partial charge < -0.3 is 5.11 Å². The van der Waals surface area contributed by atoms with Crippen LogP contribution in [-0.4, -0.2) is 10.0 Å². The molecule has 0 spiro atoms. The lowest BCUT2D eigenvalue weighted by molar-refractivity contribution is -0.385. The molecular weight excluding hydrogens is 208 g/mol. The van der Waals surface area contributed by atoms with Crippen molar-refractivity contribution < 1.29 is 10.0 Å². The van der Waals surface area contributed by atoms with Crippen LogP contribution in [0.4, 0.5) is 5.69 Å². The van der Waals surface area contributed by atoms with Crippen LogP contribution in [0.2, 0.25) is 0 Å². The number of nitro groups is 1. The van der Waals surface area contributed by atoms with Gasteiger partial charge in [0.25, 0.3) is 0 Å². The molecule has 0 bridgehead atoms. The molecule has 82 valence electrons. The zero-order chi connectivity index (χ0) is 11.8. The first-order valence-corrected chi connectivity index (χ1v) is 4.98. The molecule has 5 heteroatoms. The summed E-state index contributed by atoms with van der Waals surface area (Å²) >= 11 is 0. The van der Waals surface area contributed by atoms with Gasteiger partial charge >= 0.3 is 5.69 Å². The number of hydrogen-bond acceptors (Lipinski definition) is 4. The van der Waals surface area contributed by atoms with Crippen molar-refractivity contribution in [2.24, 2.45) is 0 Å². The minimum Gasteiger partial charge on any atom is -0.502 e. The molecule has 5 nitrogen and oxygen atoms in total. The van der Waals surface area contributed by atoms with E-state index in [0.29, 0.717) is 5.56 Å². The second kappa shape index (κ2) is 3.49. The van der Waals surface area contributed by atoms with Gasteiger partial charge in [0.1, 0.15) is 0 Å². The first kappa shape index (κ1) is 10.4. The topological polar surface area (TPSA) is 87.2 Å². The van der Waals surface area contributed by atoms with Gasteiger partial charge in [-0.25, -0.2) is 0 Å². The van der Waals surface area contributed by atoms with Crippen molar-refractivity contribution in [3.05, 3.63) is 33.9 Å². The predicted molar refractivity (Wildman–Crippen MR) is 55.9 cm³/mol. The largest absolute Gasteiger partial charge is 0.502 e. The summed E-state index contributed by atoms with van der Waals surface area (Å²) in [4.78, 5) is 9.88. The molecule has 1 aliphatic rings. The molecule has 0 amide bonds. The number of rotatable bonds is 2. The Kier molecular flexibility index (Phi) is 2.27. The number of nitro benzene ring substituents is 1. The third kappa shape index (κ3) is 1.39. The molecule has 1 aromatic carbocycles. The van der Waals surface area contributed by atoms with E-state index in [1.54, 1.807) is 6.07 Å². The fraction of sp³-hybridized carbons (Fsp3) is 0.364. The molecule has 0 radical (unpaired) electrons. The van der Waals surface area contributed by atoms with Crippen LogP contribution in [0.3, 0.4) is 0 Å². The highest BCUT2D eigenvalue weighted by molar-refractivity contribution is 5.51. The van der Waals surface area contributed by atoms with Gasteiger partial charge in [0, 0.05) is 6.07 Å². The summed E-state index contributed by atoms with van der Waals surface area (Å²) in [6, 6.07) is 6.37. The molecule has 0 heterocycles. The minimum atomic E-state index is -0.640. The van der Waals surface area contributed by atoms with E-state index in [-0.39, 0.29) is 11.4 Å². The van der Waals surface area contributed by atoms with E-state index in [1.165, 1.54) is 12.1 Å². The number of nitriles is 1. The summed E-state index contributed by atoms with van der Waals surface area (Å²) in [5.74, 6) is -0.371. The van der Waals surface area contributed by atoms with Gasteiger partial charge in [-0.3, -0.25) is 10.1 Å². The standard InChI is InChI=1S/C11H10N2O3/c12-7-11(4-1-5-11)8-2-3-9(13(15)16)10(14)6-8/h2-3,6,14H,1,4-5H2. The zero-order valence-electron chi connectivity index (χ0n) is 8.51. The molecule has 16 heavy (non-hydrogen) atoms. The number of benzene rings is 1. The molecule has 1 aliphatic carbocycles. The number of phenols is 1. The van der Waals surface area contributed by atoms with Gasteiger partial charge in [-0.15, -0.1) is 0 Å². The van der Waals surface area contributed by atoms with E-state index in [1.807, 2.05) is 0 Å². The minimum absolute atomic E-state index is 0.323. The highest BCUT2D eigenvalue weighted by Gasteiger charge is 2.39. The van der Waals surface area contributed by atoms with Crippen LogP contribution in [0, 0.1) is 21.4 Å². The first-order chi connectivity index (χ1) is 7.59. The second-order valence-corrected chi connectivity index (χ2v) is 4.01. The van der Waals surface area contributed by atoms with Crippen LogP contribution in [0.1, 0.15) is 24.8 Å². The fourth-order valence-electron chi connectivity index (χ4n) is 1.97. The molecule has 0 saturated heterocycles. The van der Waals surface area contributed by atoms with E-state index in [0.717, 1.165) is 19.3 Å². The van der Waals surface area contributed by atoms with Crippen molar-refractivity contribution in [2.45, 2.75) is 24.7 Å². The monoisotopic (exact) mass is 218 g/mol. The Bertz CT molecular complexity index is 486. The number of phenolic OH excluding ortho intramolecular Hbond substituents is 1. The van der Waals surface area contributed by atoms with Crippen molar-refractivity contribution in [1.82, 2.24) is 0 Å². The summed E-state index contributed by atoms with van der Waals surface area (Å²) < 4.78 is 0. The van der Waals surface area contributed by atoms with E-state index in [4.69, 9.17) is 5.26 Å². The summed E-state index contributed by atoms with van der Waals surface area (Å²) in [6.07, 6.45) is 2.48. The number of hydrogen-bond donors (Lipinski definition) is 1. The lowest BCUT2D eigenvalue weighted by Crippen LogP contribution is -2.32. The molecule has 0 unspecified atom stereocenters. The zero-order valence-corrected chi connectivity index (χ0v) is 8.51. The highest BCUT2D eigenvalue weighted by atomic mass is 16.6. The van der Waals surface area contributed by atoms with Gasteiger partial charge in [-0.1, -0.05) is 6.07 Å². The predicted octanol–water partition coefficient (Wildman–Crippen LogP) is 2.25. The molecule has 2 rings (SSSR count). The molecule has 0 aliphatic heterocycles. The van der Waals surface area contributed by atoms with E-state index in [2.05, 4.69) is 6.07 Å². The Balaban J connectivity index is 2.42. The smallest absolute Gasteiger partial charge is 0.310 e. The van der Waals surface area contributed by atoms with Gasteiger partial charge in [0.05, 0.1) is 16.4 Å². The van der Waals surface area contributed by atoms with Crippen LogP contribution in [0.15, 0.2) is 18.2 Å². The van der Waals surface area contributed by atoms with Crippen LogP contribution in [0.5, 0.6) is 5.75 Å². The van der Waals surface area contributed by atoms with E-state index in [9.17, 15) is 15.2 Å². The maximum atomic E-state index is 10.5. The maximum absolute atomic E-state index is 10.5. The fourth-order valence-corrected chi connectivity index (χ4v) is 1.97. The van der Waals surface area contributed by atoms with Crippen LogP contribution in [0.25, 0.3) is 0 Å². The molecular formula is C11H10N2O3. The first-order valence-electron chi connectivity index (χ1n) is 4.98. The molecule has 0 aromatic heterocycles.